The van der Waals surface area contributed by atoms with E-state index < -0.39 is 11.5 Å². The van der Waals surface area contributed by atoms with Gasteiger partial charge < -0.3 is 10.4 Å². The van der Waals surface area contributed by atoms with Crippen LogP contribution < -0.4 is 5.32 Å². The Morgan fingerprint density at radius 3 is 2.59 bits per heavy atom. The van der Waals surface area contributed by atoms with E-state index in [-0.39, 0.29) is 5.91 Å². The monoisotopic (exact) mass is 313 g/mol. The molecule has 22 heavy (non-hydrogen) atoms. The fourth-order valence-corrected chi connectivity index (χ4v) is 4.15. The molecule has 0 spiro atoms. The standard InChI is InChI=1S/C17H15NO3S/c19-15(18-17(7-8-17)16(20)21)13-9-11-6-5-10-3-1-2-4-12(10)14(11)22-13/h1-4,9H,5-8H2,(H,18,19)(H,20,21). The van der Waals surface area contributed by atoms with Crippen LogP contribution >= 0.6 is 11.3 Å². The summed E-state index contributed by atoms with van der Waals surface area (Å²) < 4.78 is 0. The van der Waals surface area contributed by atoms with E-state index in [0.717, 1.165) is 17.7 Å². The third-order valence-corrected chi connectivity index (χ3v) is 5.68. The second-order valence-corrected chi connectivity index (χ2v) is 7.02. The maximum atomic E-state index is 12.4. The molecule has 1 aromatic heterocycles. The van der Waals surface area contributed by atoms with Gasteiger partial charge in [-0.25, -0.2) is 4.79 Å². The zero-order valence-electron chi connectivity index (χ0n) is 11.9. The van der Waals surface area contributed by atoms with Crippen molar-refractivity contribution in [2.24, 2.45) is 0 Å². The van der Waals surface area contributed by atoms with Gasteiger partial charge in [-0.3, -0.25) is 4.79 Å². The van der Waals surface area contributed by atoms with Crippen LogP contribution in [0.1, 0.15) is 33.6 Å². The first-order valence-electron chi connectivity index (χ1n) is 7.36. The van der Waals surface area contributed by atoms with Gasteiger partial charge in [0.15, 0.2) is 0 Å². The number of amides is 1. The van der Waals surface area contributed by atoms with Gasteiger partial charge in [-0.1, -0.05) is 24.3 Å². The lowest BCUT2D eigenvalue weighted by molar-refractivity contribution is -0.140. The normalized spacial score (nSPS) is 17.3. The summed E-state index contributed by atoms with van der Waals surface area (Å²) >= 11 is 1.46. The number of nitrogens with one attached hydrogen (secondary N) is 1. The maximum Gasteiger partial charge on any atom is 0.329 e. The molecule has 2 aliphatic rings. The molecule has 1 saturated carbocycles. The number of aliphatic carboxylic acids is 1. The lowest BCUT2D eigenvalue weighted by Gasteiger charge is -2.15. The zero-order valence-corrected chi connectivity index (χ0v) is 12.7. The van der Waals surface area contributed by atoms with Gasteiger partial charge in [0, 0.05) is 4.88 Å². The smallest absolute Gasteiger partial charge is 0.329 e. The molecule has 5 heteroatoms. The van der Waals surface area contributed by atoms with Gasteiger partial charge in [0.25, 0.3) is 5.91 Å². The maximum absolute atomic E-state index is 12.4. The van der Waals surface area contributed by atoms with E-state index in [2.05, 4.69) is 17.4 Å². The zero-order chi connectivity index (χ0) is 15.3. The van der Waals surface area contributed by atoms with Gasteiger partial charge in [0.1, 0.15) is 5.54 Å². The van der Waals surface area contributed by atoms with Crippen LogP contribution in [-0.4, -0.2) is 22.5 Å². The van der Waals surface area contributed by atoms with Crippen LogP contribution in [0.15, 0.2) is 30.3 Å². The molecule has 2 N–H and O–H groups in total. The van der Waals surface area contributed by atoms with E-state index in [1.165, 1.54) is 28.0 Å². The van der Waals surface area contributed by atoms with Crippen LogP contribution in [0.2, 0.25) is 0 Å². The number of fused-ring (bicyclic) bond motifs is 3. The van der Waals surface area contributed by atoms with E-state index in [0.29, 0.717) is 17.7 Å². The molecule has 1 amide bonds. The van der Waals surface area contributed by atoms with Crippen molar-refractivity contribution in [1.82, 2.24) is 5.32 Å². The van der Waals surface area contributed by atoms with Crippen LogP contribution in [-0.2, 0) is 17.6 Å². The van der Waals surface area contributed by atoms with E-state index in [4.69, 9.17) is 0 Å². The first-order valence-corrected chi connectivity index (χ1v) is 8.18. The first kappa shape index (κ1) is 13.5. The van der Waals surface area contributed by atoms with Crippen molar-refractivity contribution in [2.75, 3.05) is 0 Å². The van der Waals surface area contributed by atoms with E-state index in [1.54, 1.807) is 0 Å². The second kappa shape index (κ2) is 4.68. The fraction of sp³-hybridized carbons (Fsp3) is 0.294. The Labute approximate surface area is 131 Å². The van der Waals surface area contributed by atoms with Crippen molar-refractivity contribution in [3.8, 4) is 10.4 Å². The van der Waals surface area contributed by atoms with Crippen molar-refractivity contribution >= 4 is 23.2 Å². The highest BCUT2D eigenvalue weighted by Gasteiger charge is 2.51. The highest BCUT2D eigenvalue weighted by Crippen LogP contribution is 2.40. The summed E-state index contributed by atoms with van der Waals surface area (Å²) in [4.78, 5) is 25.3. The summed E-state index contributed by atoms with van der Waals surface area (Å²) in [6.07, 6.45) is 2.95. The molecule has 112 valence electrons. The van der Waals surface area contributed by atoms with E-state index >= 15 is 0 Å². The molecule has 0 unspecified atom stereocenters. The summed E-state index contributed by atoms with van der Waals surface area (Å²) in [6, 6.07) is 10.2. The number of benzene rings is 1. The Morgan fingerprint density at radius 1 is 1.14 bits per heavy atom. The number of carbonyl (C=O) groups is 2. The van der Waals surface area contributed by atoms with Gasteiger partial charge in [0.05, 0.1) is 4.88 Å². The van der Waals surface area contributed by atoms with Crippen LogP contribution in [0.5, 0.6) is 0 Å². The van der Waals surface area contributed by atoms with Gasteiger partial charge in [-0.15, -0.1) is 11.3 Å². The summed E-state index contributed by atoms with van der Waals surface area (Å²) in [7, 11) is 0. The molecule has 2 aliphatic carbocycles. The number of aryl methyl sites for hydroxylation is 2. The van der Waals surface area contributed by atoms with Crippen molar-refractivity contribution in [3.63, 3.8) is 0 Å². The average Bonchev–Trinajstić information content (AvgIpc) is 3.16. The van der Waals surface area contributed by atoms with Gasteiger partial charge in [-0.2, -0.15) is 0 Å². The summed E-state index contributed by atoms with van der Waals surface area (Å²) in [6.45, 7) is 0. The first-order chi connectivity index (χ1) is 10.6. The number of carboxylic acids is 1. The molecule has 4 rings (SSSR count). The molecule has 0 aliphatic heterocycles. The minimum Gasteiger partial charge on any atom is -0.480 e. The average molecular weight is 313 g/mol. The van der Waals surface area contributed by atoms with Gasteiger partial charge >= 0.3 is 5.97 Å². The highest BCUT2D eigenvalue weighted by atomic mass is 32.1. The molecule has 1 aromatic carbocycles. The number of hydrogen-bond donors (Lipinski definition) is 2. The third-order valence-electron chi connectivity index (χ3n) is 4.47. The number of rotatable bonds is 3. The Hall–Kier alpha value is -2.14. The molecule has 1 heterocycles. The molecule has 0 radical (unpaired) electrons. The number of thiophene rings is 1. The lowest BCUT2D eigenvalue weighted by atomic mass is 9.91. The number of hydrogen-bond acceptors (Lipinski definition) is 3. The number of carboxylic acid groups (broad SMARTS) is 1. The Kier molecular flexibility index (Phi) is 2.87. The van der Waals surface area contributed by atoms with Crippen molar-refractivity contribution < 1.29 is 14.7 Å². The predicted molar refractivity (Wildman–Crippen MR) is 84.2 cm³/mol. The Morgan fingerprint density at radius 2 is 1.86 bits per heavy atom. The molecule has 2 aromatic rings. The quantitative estimate of drug-likeness (QED) is 0.915. The van der Waals surface area contributed by atoms with Crippen LogP contribution in [0.25, 0.3) is 10.4 Å². The number of carbonyl (C=O) groups excluding carboxylic acids is 1. The molecule has 0 atom stereocenters. The van der Waals surface area contributed by atoms with Crippen LogP contribution in [0.4, 0.5) is 0 Å². The summed E-state index contributed by atoms with van der Waals surface area (Å²) in [5.41, 5.74) is 2.67. The lowest BCUT2D eigenvalue weighted by Crippen LogP contribution is -2.42. The topological polar surface area (TPSA) is 66.4 Å². The molecule has 4 nitrogen and oxygen atoms in total. The van der Waals surface area contributed by atoms with Crippen molar-refractivity contribution in [1.29, 1.82) is 0 Å². The minimum atomic E-state index is -1.03. The summed E-state index contributed by atoms with van der Waals surface area (Å²) in [5, 5.41) is 11.9. The predicted octanol–water partition coefficient (Wildman–Crippen LogP) is 2.86. The van der Waals surface area contributed by atoms with Crippen molar-refractivity contribution in [2.45, 2.75) is 31.2 Å². The highest BCUT2D eigenvalue weighted by molar-refractivity contribution is 7.17. The van der Waals surface area contributed by atoms with Crippen LogP contribution in [0.3, 0.4) is 0 Å². The minimum absolute atomic E-state index is 0.267. The fourth-order valence-electron chi connectivity index (χ4n) is 2.98. The van der Waals surface area contributed by atoms with Gasteiger partial charge in [0.2, 0.25) is 0 Å². The SMILES string of the molecule is O=C(NC1(C(=O)O)CC1)c1cc2c(s1)-c1ccccc1CC2. The third kappa shape index (κ3) is 2.04. The Balaban J connectivity index is 1.65. The van der Waals surface area contributed by atoms with E-state index in [1.807, 2.05) is 18.2 Å². The van der Waals surface area contributed by atoms with Crippen LogP contribution in [0, 0.1) is 0 Å². The van der Waals surface area contributed by atoms with Crippen molar-refractivity contribution in [3.05, 3.63) is 46.3 Å². The molecule has 1 fully saturated rings. The molecular formula is C17H15NO3S. The molecular weight excluding hydrogens is 298 g/mol. The molecule has 0 bridgehead atoms. The Bertz CT molecular complexity index is 789. The largest absolute Gasteiger partial charge is 0.480 e. The molecule has 0 saturated heterocycles. The summed E-state index contributed by atoms with van der Waals surface area (Å²) in [5.74, 6) is -1.20. The van der Waals surface area contributed by atoms with Gasteiger partial charge in [-0.05, 0) is 48.4 Å². The van der Waals surface area contributed by atoms with E-state index in [9.17, 15) is 14.7 Å². The second-order valence-electron chi connectivity index (χ2n) is 5.96.